The van der Waals surface area contributed by atoms with Gasteiger partial charge >= 0.3 is 0 Å². The maximum atomic E-state index is 15.1. The van der Waals surface area contributed by atoms with Gasteiger partial charge in [0, 0.05) is 41.6 Å². The molecule has 4 heterocycles. The molecule has 0 saturated heterocycles. The maximum Gasteiger partial charge on any atom is 0.160 e. The van der Waals surface area contributed by atoms with Gasteiger partial charge in [0.25, 0.3) is 0 Å². The first-order valence-electron chi connectivity index (χ1n) is 11.3. The van der Waals surface area contributed by atoms with E-state index in [1.165, 1.54) is 18.2 Å². The number of rotatable bonds is 5. The van der Waals surface area contributed by atoms with Gasteiger partial charge in [-0.05, 0) is 67.2 Å². The molecule has 0 amide bonds. The molecule has 0 radical (unpaired) electrons. The van der Waals surface area contributed by atoms with Crippen LogP contribution in [0.3, 0.4) is 0 Å². The molecular weight excluding hydrogens is 460 g/mol. The molecule has 7 nitrogen and oxygen atoms in total. The Morgan fingerprint density at radius 3 is 2.67 bits per heavy atom. The van der Waals surface area contributed by atoms with Crippen LogP contribution in [-0.4, -0.2) is 49.1 Å². The van der Waals surface area contributed by atoms with Crippen LogP contribution in [0.1, 0.15) is 5.56 Å². The van der Waals surface area contributed by atoms with Crippen molar-refractivity contribution in [3.8, 4) is 33.8 Å². The van der Waals surface area contributed by atoms with E-state index in [9.17, 15) is 4.39 Å². The minimum Gasteiger partial charge on any atom is -0.321 e. The molecule has 4 aromatic heterocycles. The van der Waals surface area contributed by atoms with Crippen LogP contribution in [0, 0.1) is 11.6 Å². The standard InChI is InChI=1S/C27H21F2N7/c1-36(2)14-15-8-18(13-30-12-15)17-10-21-23(22(29)11-17)34-35-25(21)27-32-24-20(6-7-31-26(24)33-27)16-4-3-5-19(28)9-16/h3-13H,14H2,1-2H3,(H,34,35)(H,31,32,33). The number of fused-ring (bicyclic) bond motifs is 2. The summed E-state index contributed by atoms with van der Waals surface area (Å²) in [5.74, 6) is -0.323. The number of halogens is 2. The predicted octanol–water partition coefficient (Wildman–Crippen LogP) is 5.57. The van der Waals surface area contributed by atoms with Gasteiger partial charge in [0.15, 0.2) is 11.5 Å². The largest absolute Gasteiger partial charge is 0.321 e. The SMILES string of the molecule is CN(C)Cc1cncc(-c2cc(F)c3[nH]nc(-c4nc5c(-c6cccc(F)c6)ccnc5[nH]4)c3c2)c1. The molecule has 2 N–H and O–H groups in total. The number of nitrogens with zero attached hydrogens (tertiary/aromatic N) is 5. The zero-order chi connectivity index (χ0) is 24.8. The highest BCUT2D eigenvalue weighted by Crippen LogP contribution is 2.34. The molecular formula is C27H21F2N7. The van der Waals surface area contributed by atoms with Crippen molar-refractivity contribution < 1.29 is 8.78 Å². The molecule has 0 saturated carbocycles. The zero-order valence-electron chi connectivity index (χ0n) is 19.5. The van der Waals surface area contributed by atoms with Crippen molar-refractivity contribution in [2.24, 2.45) is 0 Å². The maximum absolute atomic E-state index is 15.1. The Morgan fingerprint density at radius 1 is 0.944 bits per heavy atom. The fourth-order valence-corrected chi connectivity index (χ4v) is 4.43. The second-order valence-corrected chi connectivity index (χ2v) is 8.92. The summed E-state index contributed by atoms with van der Waals surface area (Å²) in [5, 5.41) is 7.73. The van der Waals surface area contributed by atoms with Crippen molar-refractivity contribution in [2.75, 3.05) is 14.1 Å². The molecule has 0 aliphatic heterocycles. The highest BCUT2D eigenvalue weighted by Gasteiger charge is 2.19. The van der Waals surface area contributed by atoms with Crippen LogP contribution in [0.4, 0.5) is 8.78 Å². The third kappa shape index (κ3) is 3.89. The monoisotopic (exact) mass is 481 g/mol. The normalized spacial score (nSPS) is 11.7. The van der Waals surface area contributed by atoms with Gasteiger partial charge in [-0.3, -0.25) is 10.1 Å². The number of nitrogens with one attached hydrogen (secondary N) is 2. The number of imidazole rings is 1. The van der Waals surface area contributed by atoms with Gasteiger partial charge in [-0.2, -0.15) is 5.10 Å². The average molecular weight is 482 g/mol. The van der Waals surface area contributed by atoms with E-state index in [1.807, 2.05) is 37.2 Å². The van der Waals surface area contributed by atoms with Crippen molar-refractivity contribution in [3.63, 3.8) is 0 Å². The number of hydrogen-bond donors (Lipinski definition) is 2. The van der Waals surface area contributed by atoms with Crippen molar-refractivity contribution >= 4 is 22.1 Å². The second kappa shape index (κ2) is 8.62. The highest BCUT2D eigenvalue weighted by atomic mass is 19.1. The number of hydrogen-bond acceptors (Lipinski definition) is 5. The minimum absolute atomic E-state index is 0.282. The topological polar surface area (TPSA) is 86.4 Å². The van der Waals surface area contributed by atoms with Crippen molar-refractivity contribution in [2.45, 2.75) is 6.54 Å². The van der Waals surface area contributed by atoms with E-state index in [0.29, 0.717) is 39.2 Å². The van der Waals surface area contributed by atoms with Crippen LogP contribution in [0.25, 0.3) is 55.8 Å². The van der Waals surface area contributed by atoms with Gasteiger partial charge in [0.1, 0.15) is 28.4 Å². The molecule has 2 aromatic carbocycles. The lowest BCUT2D eigenvalue weighted by molar-refractivity contribution is 0.402. The van der Waals surface area contributed by atoms with Crippen molar-refractivity contribution in [1.82, 2.24) is 35.0 Å². The Hall–Kier alpha value is -4.50. The van der Waals surface area contributed by atoms with Crippen LogP contribution in [-0.2, 0) is 6.54 Å². The molecule has 0 bridgehead atoms. The van der Waals surface area contributed by atoms with E-state index in [1.54, 1.807) is 30.7 Å². The summed E-state index contributed by atoms with van der Waals surface area (Å²) in [5.41, 5.74) is 5.79. The molecule has 9 heteroatoms. The number of H-pyrrole nitrogens is 2. The van der Waals surface area contributed by atoms with E-state index in [0.717, 1.165) is 23.2 Å². The summed E-state index contributed by atoms with van der Waals surface area (Å²) in [7, 11) is 3.97. The molecule has 0 fully saturated rings. The third-order valence-electron chi connectivity index (χ3n) is 6.00. The van der Waals surface area contributed by atoms with Crippen LogP contribution in [0.15, 0.2) is 67.1 Å². The lowest BCUT2D eigenvalue weighted by Crippen LogP contribution is -2.10. The number of benzene rings is 2. The quantitative estimate of drug-likeness (QED) is 0.336. The van der Waals surface area contributed by atoms with Gasteiger partial charge in [-0.1, -0.05) is 12.1 Å². The Balaban J connectivity index is 1.48. The minimum atomic E-state index is -0.422. The fourth-order valence-electron chi connectivity index (χ4n) is 4.43. The number of aromatic nitrogens is 6. The van der Waals surface area contributed by atoms with Gasteiger partial charge in [-0.25, -0.2) is 18.7 Å². The molecule has 6 aromatic rings. The third-order valence-corrected chi connectivity index (χ3v) is 6.00. The Kier molecular flexibility index (Phi) is 5.26. The summed E-state index contributed by atoms with van der Waals surface area (Å²) in [4.78, 5) is 18.7. The fraction of sp³-hybridized carbons (Fsp3) is 0.111. The molecule has 178 valence electrons. The summed E-state index contributed by atoms with van der Waals surface area (Å²) in [6.07, 6.45) is 5.16. The Labute approximate surface area is 204 Å². The van der Waals surface area contributed by atoms with Gasteiger partial charge in [0.2, 0.25) is 0 Å². The van der Waals surface area contributed by atoms with Crippen molar-refractivity contribution in [3.05, 3.63) is 84.3 Å². The molecule has 0 atom stereocenters. The van der Waals surface area contributed by atoms with E-state index in [-0.39, 0.29) is 11.3 Å². The summed E-state index contributed by atoms with van der Waals surface area (Å²) in [6, 6.07) is 13.5. The Morgan fingerprint density at radius 2 is 1.83 bits per heavy atom. The molecule has 0 aliphatic carbocycles. The highest BCUT2D eigenvalue weighted by molar-refractivity contribution is 5.97. The van der Waals surface area contributed by atoms with E-state index < -0.39 is 5.82 Å². The lowest BCUT2D eigenvalue weighted by atomic mass is 10.0. The van der Waals surface area contributed by atoms with Gasteiger partial charge in [0.05, 0.1) is 0 Å². The zero-order valence-corrected chi connectivity index (χ0v) is 19.5. The predicted molar refractivity (Wildman–Crippen MR) is 135 cm³/mol. The van der Waals surface area contributed by atoms with E-state index in [4.69, 9.17) is 4.98 Å². The lowest BCUT2D eigenvalue weighted by Gasteiger charge is -2.10. The average Bonchev–Trinajstić information content (AvgIpc) is 3.48. The van der Waals surface area contributed by atoms with Crippen LogP contribution in [0.5, 0.6) is 0 Å². The first-order valence-corrected chi connectivity index (χ1v) is 11.3. The van der Waals surface area contributed by atoms with Gasteiger partial charge in [-0.15, -0.1) is 0 Å². The molecule has 0 spiro atoms. The Bertz CT molecular complexity index is 1740. The summed E-state index contributed by atoms with van der Waals surface area (Å²) in [6.45, 7) is 0.724. The number of aromatic amines is 2. The number of pyridine rings is 2. The van der Waals surface area contributed by atoms with Gasteiger partial charge < -0.3 is 9.88 Å². The second-order valence-electron chi connectivity index (χ2n) is 8.92. The van der Waals surface area contributed by atoms with E-state index >= 15 is 4.39 Å². The van der Waals surface area contributed by atoms with Crippen LogP contribution < -0.4 is 0 Å². The molecule has 36 heavy (non-hydrogen) atoms. The first kappa shape index (κ1) is 22.0. The van der Waals surface area contributed by atoms with Crippen LogP contribution in [0.2, 0.25) is 0 Å². The van der Waals surface area contributed by atoms with Crippen molar-refractivity contribution in [1.29, 1.82) is 0 Å². The smallest absolute Gasteiger partial charge is 0.160 e. The first-order chi connectivity index (χ1) is 17.5. The van der Waals surface area contributed by atoms with E-state index in [2.05, 4.69) is 25.1 Å². The molecule has 0 unspecified atom stereocenters. The van der Waals surface area contributed by atoms with Crippen LogP contribution >= 0.6 is 0 Å². The summed E-state index contributed by atoms with van der Waals surface area (Å²) < 4.78 is 29.0. The molecule has 0 aliphatic rings. The molecule has 6 rings (SSSR count). The summed E-state index contributed by atoms with van der Waals surface area (Å²) >= 11 is 0.